The Morgan fingerprint density at radius 2 is 2.12 bits per heavy atom. The smallest absolute Gasteiger partial charge is 0.0686 e. The zero-order valence-electron chi connectivity index (χ0n) is 9.41. The van der Waals surface area contributed by atoms with E-state index in [0.29, 0.717) is 0 Å². The van der Waals surface area contributed by atoms with Gasteiger partial charge in [-0.05, 0) is 35.7 Å². The van der Waals surface area contributed by atoms with Crippen molar-refractivity contribution in [3.05, 3.63) is 56.2 Å². The summed E-state index contributed by atoms with van der Waals surface area (Å²) >= 11 is 13.9. The molecule has 0 saturated heterocycles. The molecule has 1 nitrogen and oxygen atoms in total. The van der Waals surface area contributed by atoms with Crippen LogP contribution in [0.1, 0.15) is 23.4 Å². The van der Waals surface area contributed by atoms with E-state index in [2.05, 4.69) is 18.3 Å². The normalized spacial score (nSPS) is 12.6. The first-order valence-electron chi connectivity index (χ1n) is 5.44. The molecular formula is C13H13Cl2NS. The van der Waals surface area contributed by atoms with Crippen LogP contribution < -0.4 is 5.32 Å². The highest BCUT2D eigenvalue weighted by atomic mass is 35.5. The van der Waals surface area contributed by atoms with Crippen molar-refractivity contribution in [2.24, 2.45) is 0 Å². The molecule has 17 heavy (non-hydrogen) atoms. The topological polar surface area (TPSA) is 12.0 Å². The number of thiophene rings is 1. The Labute approximate surface area is 115 Å². The van der Waals surface area contributed by atoms with Gasteiger partial charge in [0.1, 0.15) is 0 Å². The van der Waals surface area contributed by atoms with E-state index < -0.39 is 0 Å². The Morgan fingerprint density at radius 3 is 2.71 bits per heavy atom. The van der Waals surface area contributed by atoms with Crippen LogP contribution in [0.5, 0.6) is 0 Å². The van der Waals surface area contributed by atoms with E-state index in [9.17, 15) is 0 Å². The lowest BCUT2D eigenvalue weighted by atomic mass is 10.1. The number of nitrogens with one attached hydrogen (secondary N) is 1. The highest BCUT2D eigenvalue weighted by Gasteiger charge is 2.17. The number of benzene rings is 1. The van der Waals surface area contributed by atoms with Gasteiger partial charge in [0.25, 0.3) is 0 Å². The molecule has 0 amide bonds. The lowest BCUT2D eigenvalue weighted by Crippen LogP contribution is -2.21. The summed E-state index contributed by atoms with van der Waals surface area (Å²) in [5.41, 5.74) is 1.14. The van der Waals surface area contributed by atoms with Gasteiger partial charge in [0, 0.05) is 9.90 Å². The minimum absolute atomic E-state index is 0.117. The standard InChI is InChI=1S/C13H13Cl2NS/c1-2-16-12(13-11(15)6-7-17-13)9-4-3-5-10(14)8-9/h3-8,12,16H,2H2,1H3. The molecule has 1 N–H and O–H groups in total. The van der Waals surface area contributed by atoms with Crippen LogP contribution in [-0.2, 0) is 0 Å². The third kappa shape index (κ3) is 3.02. The van der Waals surface area contributed by atoms with Gasteiger partial charge in [0.15, 0.2) is 0 Å². The van der Waals surface area contributed by atoms with Crippen molar-refractivity contribution in [1.82, 2.24) is 5.32 Å². The number of hydrogen-bond donors (Lipinski definition) is 1. The molecule has 1 atom stereocenters. The molecule has 0 fully saturated rings. The van der Waals surface area contributed by atoms with Gasteiger partial charge in [-0.15, -0.1) is 11.3 Å². The first-order valence-corrected chi connectivity index (χ1v) is 7.07. The third-order valence-electron chi connectivity index (χ3n) is 2.50. The van der Waals surface area contributed by atoms with E-state index in [-0.39, 0.29) is 6.04 Å². The average Bonchev–Trinajstić information content (AvgIpc) is 2.72. The first-order chi connectivity index (χ1) is 8.22. The molecule has 1 unspecified atom stereocenters. The molecule has 1 aromatic heterocycles. The van der Waals surface area contributed by atoms with Crippen LogP contribution in [0.15, 0.2) is 35.7 Å². The van der Waals surface area contributed by atoms with Crippen molar-refractivity contribution in [2.75, 3.05) is 6.54 Å². The molecule has 0 radical (unpaired) electrons. The van der Waals surface area contributed by atoms with Gasteiger partial charge < -0.3 is 5.32 Å². The number of halogens is 2. The monoisotopic (exact) mass is 285 g/mol. The molecule has 2 rings (SSSR count). The van der Waals surface area contributed by atoms with Crippen LogP contribution in [0, 0.1) is 0 Å². The van der Waals surface area contributed by atoms with E-state index in [1.807, 2.05) is 29.6 Å². The van der Waals surface area contributed by atoms with Gasteiger partial charge >= 0.3 is 0 Å². The van der Waals surface area contributed by atoms with Crippen LogP contribution in [0.25, 0.3) is 0 Å². The lowest BCUT2D eigenvalue weighted by molar-refractivity contribution is 0.640. The van der Waals surface area contributed by atoms with Gasteiger partial charge in [0.05, 0.1) is 11.1 Å². The van der Waals surface area contributed by atoms with Crippen LogP contribution in [-0.4, -0.2) is 6.54 Å². The Balaban J connectivity index is 2.39. The molecule has 0 aliphatic rings. The van der Waals surface area contributed by atoms with Crippen molar-refractivity contribution >= 4 is 34.5 Å². The minimum Gasteiger partial charge on any atom is -0.306 e. The Morgan fingerprint density at radius 1 is 1.29 bits per heavy atom. The fourth-order valence-electron chi connectivity index (χ4n) is 1.76. The SMILES string of the molecule is CCNC(c1cccc(Cl)c1)c1sccc1Cl. The summed E-state index contributed by atoms with van der Waals surface area (Å²) < 4.78 is 0. The number of hydrogen-bond acceptors (Lipinski definition) is 2. The van der Waals surface area contributed by atoms with Crippen LogP contribution in [0.4, 0.5) is 0 Å². The second-order valence-corrected chi connectivity index (χ2v) is 5.47. The molecule has 0 aliphatic carbocycles. The summed E-state index contributed by atoms with van der Waals surface area (Å²) in [6, 6.07) is 9.93. The van der Waals surface area contributed by atoms with Gasteiger partial charge in [-0.1, -0.05) is 42.3 Å². The summed E-state index contributed by atoms with van der Waals surface area (Å²) in [4.78, 5) is 1.13. The van der Waals surface area contributed by atoms with Crippen molar-refractivity contribution in [1.29, 1.82) is 0 Å². The fraction of sp³-hybridized carbons (Fsp3) is 0.231. The van der Waals surface area contributed by atoms with Crippen molar-refractivity contribution in [2.45, 2.75) is 13.0 Å². The Kier molecular flexibility index (Phi) is 4.46. The van der Waals surface area contributed by atoms with E-state index in [0.717, 1.165) is 27.0 Å². The summed E-state index contributed by atoms with van der Waals surface area (Å²) in [5.74, 6) is 0. The predicted molar refractivity (Wildman–Crippen MR) is 76.3 cm³/mol. The highest BCUT2D eigenvalue weighted by molar-refractivity contribution is 7.10. The van der Waals surface area contributed by atoms with Gasteiger partial charge in [-0.3, -0.25) is 0 Å². The van der Waals surface area contributed by atoms with Crippen molar-refractivity contribution in [3.8, 4) is 0 Å². The summed E-state index contributed by atoms with van der Waals surface area (Å²) in [7, 11) is 0. The van der Waals surface area contributed by atoms with E-state index in [1.54, 1.807) is 11.3 Å². The largest absolute Gasteiger partial charge is 0.306 e. The van der Waals surface area contributed by atoms with Gasteiger partial charge in [0.2, 0.25) is 0 Å². The molecule has 4 heteroatoms. The van der Waals surface area contributed by atoms with Crippen LogP contribution in [0.3, 0.4) is 0 Å². The van der Waals surface area contributed by atoms with E-state index in [4.69, 9.17) is 23.2 Å². The quantitative estimate of drug-likeness (QED) is 0.855. The molecular weight excluding hydrogens is 273 g/mol. The first kappa shape index (κ1) is 12.9. The molecule has 1 heterocycles. The fourth-order valence-corrected chi connectivity index (χ4v) is 3.23. The predicted octanol–water partition coefficient (Wildman–Crippen LogP) is 4.75. The third-order valence-corrected chi connectivity index (χ3v) is 4.16. The average molecular weight is 286 g/mol. The van der Waals surface area contributed by atoms with Crippen LogP contribution in [0.2, 0.25) is 10.0 Å². The van der Waals surface area contributed by atoms with Gasteiger partial charge in [-0.25, -0.2) is 0 Å². The zero-order chi connectivity index (χ0) is 12.3. The van der Waals surface area contributed by atoms with Gasteiger partial charge in [-0.2, -0.15) is 0 Å². The molecule has 0 saturated carbocycles. The molecule has 2 aromatic rings. The maximum Gasteiger partial charge on any atom is 0.0686 e. The second kappa shape index (κ2) is 5.87. The maximum absolute atomic E-state index is 6.20. The summed E-state index contributed by atoms with van der Waals surface area (Å²) in [6.07, 6.45) is 0. The molecule has 0 aliphatic heterocycles. The molecule has 1 aromatic carbocycles. The Bertz CT molecular complexity index is 496. The zero-order valence-corrected chi connectivity index (χ0v) is 11.7. The van der Waals surface area contributed by atoms with Crippen LogP contribution >= 0.6 is 34.5 Å². The summed E-state index contributed by atoms with van der Waals surface area (Å²) in [6.45, 7) is 2.96. The lowest BCUT2D eigenvalue weighted by Gasteiger charge is -2.17. The summed E-state index contributed by atoms with van der Waals surface area (Å²) in [5, 5.41) is 7.00. The molecule has 0 bridgehead atoms. The van der Waals surface area contributed by atoms with Crippen molar-refractivity contribution in [3.63, 3.8) is 0 Å². The second-order valence-electron chi connectivity index (χ2n) is 3.68. The van der Waals surface area contributed by atoms with Crippen molar-refractivity contribution < 1.29 is 0 Å². The highest BCUT2D eigenvalue weighted by Crippen LogP contribution is 2.33. The van der Waals surface area contributed by atoms with E-state index in [1.165, 1.54) is 0 Å². The molecule has 0 spiro atoms. The van der Waals surface area contributed by atoms with E-state index >= 15 is 0 Å². The molecule has 90 valence electrons. The minimum atomic E-state index is 0.117. The Hall–Kier alpha value is -0.540. The number of rotatable bonds is 4. The maximum atomic E-state index is 6.20.